The summed E-state index contributed by atoms with van der Waals surface area (Å²) >= 11 is 0. The van der Waals surface area contributed by atoms with Gasteiger partial charge in [0.2, 0.25) is 0 Å². The molecule has 0 saturated carbocycles. The molecule has 1 atom stereocenters. The Kier molecular flexibility index (Phi) is 4.27. The van der Waals surface area contributed by atoms with Gasteiger partial charge >= 0.3 is 5.97 Å². The number of imidazole rings is 1. The van der Waals surface area contributed by atoms with E-state index in [-0.39, 0.29) is 5.92 Å². The van der Waals surface area contributed by atoms with E-state index in [0.717, 1.165) is 37.8 Å². The number of hydrogen-bond acceptors (Lipinski definition) is 2. The molecule has 0 bridgehead atoms. The third kappa shape index (κ3) is 2.78. The number of aliphatic carboxylic acids is 1. The lowest BCUT2D eigenvalue weighted by Gasteiger charge is -2.20. The Bertz CT molecular complexity index is 675. The molecule has 1 aliphatic heterocycles. The molecular weight excluding hydrogens is 276 g/mol. The van der Waals surface area contributed by atoms with Gasteiger partial charge in [0.15, 0.2) is 0 Å². The SMILES string of the molecule is CCCC[C@@H](Cc1ncn2c1CCc1ccccc1-2)C(=O)O. The molecule has 0 unspecified atom stereocenters. The number of hydrogen-bond donors (Lipinski definition) is 1. The normalized spacial score (nSPS) is 14.2. The maximum Gasteiger partial charge on any atom is 0.306 e. The zero-order chi connectivity index (χ0) is 15.5. The van der Waals surface area contributed by atoms with Crippen LogP contribution in [0.4, 0.5) is 0 Å². The molecule has 0 amide bonds. The van der Waals surface area contributed by atoms with E-state index < -0.39 is 5.97 Å². The molecule has 22 heavy (non-hydrogen) atoms. The molecular formula is C18H22N2O2. The van der Waals surface area contributed by atoms with Crippen LogP contribution >= 0.6 is 0 Å². The zero-order valence-electron chi connectivity index (χ0n) is 13.0. The van der Waals surface area contributed by atoms with E-state index in [4.69, 9.17) is 0 Å². The molecule has 4 heteroatoms. The second kappa shape index (κ2) is 6.34. The maximum atomic E-state index is 11.5. The monoisotopic (exact) mass is 298 g/mol. The predicted molar refractivity (Wildman–Crippen MR) is 85.3 cm³/mol. The molecule has 2 heterocycles. The van der Waals surface area contributed by atoms with Crippen LogP contribution in [0.1, 0.15) is 43.1 Å². The summed E-state index contributed by atoms with van der Waals surface area (Å²) in [6.45, 7) is 2.09. The summed E-state index contributed by atoms with van der Waals surface area (Å²) < 4.78 is 2.13. The van der Waals surface area contributed by atoms with Gasteiger partial charge in [0.05, 0.1) is 17.9 Å². The minimum Gasteiger partial charge on any atom is -0.481 e. The van der Waals surface area contributed by atoms with E-state index in [1.807, 2.05) is 12.4 Å². The Labute approximate surface area is 130 Å². The van der Waals surface area contributed by atoms with Crippen LogP contribution in [0.15, 0.2) is 30.6 Å². The highest BCUT2D eigenvalue weighted by molar-refractivity contribution is 5.70. The maximum absolute atomic E-state index is 11.5. The Morgan fingerprint density at radius 2 is 2.18 bits per heavy atom. The zero-order valence-corrected chi connectivity index (χ0v) is 13.0. The summed E-state index contributed by atoms with van der Waals surface area (Å²) in [5.41, 5.74) is 4.65. The highest BCUT2D eigenvalue weighted by Crippen LogP contribution is 2.28. The van der Waals surface area contributed by atoms with E-state index in [1.165, 1.54) is 16.9 Å². The third-order valence-corrected chi connectivity index (χ3v) is 4.53. The summed E-state index contributed by atoms with van der Waals surface area (Å²) in [5.74, 6) is -1.02. The number of rotatable bonds is 6. The van der Waals surface area contributed by atoms with Gasteiger partial charge in [0, 0.05) is 17.8 Å². The standard InChI is InChI=1S/C18H22N2O2/c1-2-3-6-14(18(21)22)11-15-17-10-9-13-7-4-5-8-16(13)20(17)12-19-15/h4-5,7-8,12,14H,2-3,6,9-11H2,1H3,(H,21,22)/t14-/m0/s1. The van der Waals surface area contributed by atoms with E-state index in [9.17, 15) is 9.90 Å². The molecule has 1 N–H and O–H groups in total. The first-order chi connectivity index (χ1) is 10.7. The minimum atomic E-state index is -0.702. The van der Waals surface area contributed by atoms with Crippen LogP contribution in [0.3, 0.4) is 0 Å². The highest BCUT2D eigenvalue weighted by Gasteiger charge is 2.24. The number of nitrogens with zero attached hydrogens (tertiary/aromatic N) is 2. The number of carboxylic acid groups (broad SMARTS) is 1. The van der Waals surface area contributed by atoms with Gasteiger partial charge in [-0.3, -0.25) is 4.79 Å². The summed E-state index contributed by atoms with van der Waals surface area (Å²) in [6.07, 6.45) is 7.04. The van der Waals surface area contributed by atoms with Gasteiger partial charge in [-0.25, -0.2) is 4.98 Å². The molecule has 1 aliphatic rings. The third-order valence-electron chi connectivity index (χ3n) is 4.53. The molecule has 4 nitrogen and oxygen atoms in total. The molecule has 3 rings (SSSR count). The molecule has 1 aromatic heterocycles. The second-order valence-corrected chi connectivity index (χ2v) is 6.02. The molecule has 0 aliphatic carbocycles. The van der Waals surface area contributed by atoms with Crippen LogP contribution in [0.25, 0.3) is 5.69 Å². The largest absolute Gasteiger partial charge is 0.481 e. The number of aryl methyl sites for hydroxylation is 1. The van der Waals surface area contributed by atoms with Gasteiger partial charge in [0.1, 0.15) is 0 Å². The highest BCUT2D eigenvalue weighted by atomic mass is 16.4. The molecule has 0 radical (unpaired) electrons. The van der Waals surface area contributed by atoms with Crippen molar-refractivity contribution in [2.24, 2.45) is 5.92 Å². The Balaban J connectivity index is 1.86. The average molecular weight is 298 g/mol. The lowest BCUT2D eigenvalue weighted by Crippen LogP contribution is -2.19. The second-order valence-electron chi connectivity index (χ2n) is 6.02. The molecule has 0 fully saturated rings. The van der Waals surface area contributed by atoms with Gasteiger partial charge < -0.3 is 9.67 Å². The number of carboxylic acids is 1. The van der Waals surface area contributed by atoms with Gasteiger partial charge in [-0.2, -0.15) is 0 Å². The van der Waals surface area contributed by atoms with Crippen molar-refractivity contribution in [1.29, 1.82) is 0 Å². The van der Waals surface area contributed by atoms with Crippen LogP contribution in [-0.4, -0.2) is 20.6 Å². The van der Waals surface area contributed by atoms with Crippen molar-refractivity contribution in [2.75, 3.05) is 0 Å². The number of carbonyl (C=O) groups is 1. The van der Waals surface area contributed by atoms with E-state index >= 15 is 0 Å². The average Bonchev–Trinajstić information content (AvgIpc) is 2.94. The first-order valence-electron chi connectivity index (χ1n) is 8.07. The number of unbranched alkanes of at least 4 members (excludes halogenated alkanes) is 1. The van der Waals surface area contributed by atoms with Crippen molar-refractivity contribution in [2.45, 2.75) is 45.4 Å². The van der Waals surface area contributed by atoms with Gasteiger partial charge in [-0.15, -0.1) is 0 Å². The van der Waals surface area contributed by atoms with Crippen molar-refractivity contribution >= 4 is 5.97 Å². The first-order valence-corrected chi connectivity index (χ1v) is 8.07. The van der Waals surface area contributed by atoms with Crippen molar-refractivity contribution in [1.82, 2.24) is 9.55 Å². The van der Waals surface area contributed by atoms with Crippen LogP contribution < -0.4 is 0 Å². The fraction of sp³-hybridized carbons (Fsp3) is 0.444. The first kappa shape index (κ1) is 14.8. The predicted octanol–water partition coefficient (Wildman–Crippen LogP) is 3.40. The van der Waals surface area contributed by atoms with Crippen molar-refractivity contribution in [3.63, 3.8) is 0 Å². The molecule has 0 spiro atoms. The minimum absolute atomic E-state index is 0.322. The number of para-hydroxylation sites is 1. The number of aromatic nitrogens is 2. The quantitative estimate of drug-likeness (QED) is 0.889. The Hall–Kier alpha value is -2.10. The van der Waals surface area contributed by atoms with Crippen LogP contribution in [0.5, 0.6) is 0 Å². The lowest BCUT2D eigenvalue weighted by atomic mass is 9.94. The summed E-state index contributed by atoms with van der Waals surface area (Å²) in [6, 6.07) is 8.36. The van der Waals surface area contributed by atoms with Crippen LogP contribution in [-0.2, 0) is 24.1 Å². The van der Waals surface area contributed by atoms with Gasteiger partial charge in [-0.05, 0) is 30.9 Å². The van der Waals surface area contributed by atoms with Crippen LogP contribution in [0.2, 0.25) is 0 Å². The summed E-state index contributed by atoms with van der Waals surface area (Å²) in [4.78, 5) is 16.0. The van der Waals surface area contributed by atoms with Crippen molar-refractivity contribution < 1.29 is 9.90 Å². The summed E-state index contributed by atoms with van der Waals surface area (Å²) in [5, 5.41) is 9.43. The van der Waals surface area contributed by atoms with Crippen LogP contribution in [0, 0.1) is 5.92 Å². The van der Waals surface area contributed by atoms with Gasteiger partial charge in [-0.1, -0.05) is 38.0 Å². The molecule has 2 aromatic rings. The Morgan fingerprint density at radius 1 is 1.36 bits per heavy atom. The fourth-order valence-corrected chi connectivity index (χ4v) is 3.26. The number of benzene rings is 1. The van der Waals surface area contributed by atoms with E-state index in [1.54, 1.807) is 0 Å². The van der Waals surface area contributed by atoms with Crippen molar-refractivity contribution in [3.05, 3.63) is 47.5 Å². The molecule has 0 saturated heterocycles. The van der Waals surface area contributed by atoms with E-state index in [0.29, 0.717) is 6.42 Å². The summed E-state index contributed by atoms with van der Waals surface area (Å²) in [7, 11) is 0. The van der Waals surface area contributed by atoms with E-state index in [2.05, 4.69) is 34.7 Å². The van der Waals surface area contributed by atoms with Gasteiger partial charge in [0.25, 0.3) is 0 Å². The Morgan fingerprint density at radius 3 is 2.95 bits per heavy atom. The molecule has 1 aromatic carbocycles. The topological polar surface area (TPSA) is 55.1 Å². The van der Waals surface area contributed by atoms with Crippen molar-refractivity contribution in [3.8, 4) is 5.69 Å². The fourth-order valence-electron chi connectivity index (χ4n) is 3.26. The lowest BCUT2D eigenvalue weighted by molar-refractivity contribution is -0.142. The number of fused-ring (bicyclic) bond motifs is 3. The smallest absolute Gasteiger partial charge is 0.306 e. The molecule has 116 valence electrons.